The van der Waals surface area contributed by atoms with Crippen LogP contribution < -0.4 is 4.74 Å². The minimum Gasteiger partial charge on any atom is -0.403 e. The van der Waals surface area contributed by atoms with Gasteiger partial charge >= 0.3 is 6.36 Å². The van der Waals surface area contributed by atoms with Crippen LogP contribution in [-0.2, 0) is 6.42 Å². The third-order valence-corrected chi connectivity index (χ3v) is 5.37. The summed E-state index contributed by atoms with van der Waals surface area (Å²) in [5, 5.41) is 0. The highest BCUT2D eigenvalue weighted by Gasteiger charge is 2.32. The Balaban J connectivity index is 1.76. The fourth-order valence-electron chi connectivity index (χ4n) is 3.82. The summed E-state index contributed by atoms with van der Waals surface area (Å²) in [6, 6.07) is 6.06. The lowest BCUT2D eigenvalue weighted by atomic mass is 9.87. The molecule has 0 saturated heterocycles. The smallest absolute Gasteiger partial charge is 0.403 e. The Morgan fingerprint density at radius 1 is 0.900 bits per heavy atom. The highest BCUT2D eigenvalue weighted by atomic mass is 19.4. The minimum atomic E-state index is -4.99. The molecule has 1 aliphatic carbocycles. The molecule has 0 heterocycles. The zero-order valence-corrected chi connectivity index (χ0v) is 16.9. The molecule has 0 atom stereocenters. The van der Waals surface area contributed by atoms with Crippen LogP contribution in [0.3, 0.4) is 0 Å². The van der Waals surface area contributed by atoms with Crippen LogP contribution >= 0.6 is 0 Å². The van der Waals surface area contributed by atoms with Crippen LogP contribution in [0.2, 0.25) is 0 Å². The van der Waals surface area contributed by atoms with Gasteiger partial charge in [-0.25, -0.2) is 8.78 Å². The van der Waals surface area contributed by atoms with Crippen molar-refractivity contribution in [3.05, 3.63) is 58.7 Å². The number of halogens is 5. The number of unbranched alkanes of at least 4 members (excludes halogenated alkanes) is 4. The summed E-state index contributed by atoms with van der Waals surface area (Å²) in [5.41, 5.74) is 3.43. The predicted molar refractivity (Wildman–Crippen MR) is 108 cm³/mol. The van der Waals surface area contributed by atoms with Gasteiger partial charge in [-0.3, -0.25) is 0 Å². The number of aryl methyl sites for hydroxylation is 1. The molecule has 0 N–H and O–H groups in total. The average Bonchev–Trinajstić information content (AvgIpc) is 2.68. The van der Waals surface area contributed by atoms with Crippen LogP contribution in [0.5, 0.6) is 5.75 Å². The van der Waals surface area contributed by atoms with E-state index in [2.05, 4.69) is 11.7 Å². The van der Waals surface area contributed by atoms with Gasteiger partial charge in [-0.2, -0.15) is 0 Å². The van der Waals surface area contributed by atoms with E-state index in [9.17, 15) is 22.0 Å². The van der Waals surface area contributed by atoms with E-state index in [0.717, 1.165) is 48.9 Å². The van der Waals surface area contributed by atoms with E-state index >= 15 is 0 Å². The van der Waals surface area contributed by atoms with Crippen molar-refractivity contribution in [2.45, 2.75) is 64.7 Å². The normalized spacial score (nSPS) is 13.7. The Kier molecular flexibility index (Phi) is 7.16. The third-order valence-electron chi connectivity index (χ3n) is 5.37. The highest BCUT2D eigenvalue weighted by molar-refractivity contribution is 5.71. The van der Waals surface area contributed by atoms with Gasteiger partial charge in [0.15, 0.2) is 11.6 Å². The number of allylic oxidation sites excluding steroid dienone is 1. The van der Waals surface area contributed by atoms with Crippen molar-refractivity contribution in [2.75, 3.05) is 0 Å². The maximum absolute atomic E-state index is 14.7. The molecule has 1 nitrogen and oxygen atoms in total. The summed E-state index contributed by atoms with van der Waals surface area (Å²) in [5.74, 6) is -2.65. The summed E-state index contributed by atoms with van der Waals surface area (Å²) >= 11 is 0. The Morgan fingerprint density at radius 2 is 1.67 bits per heavy atom. The fraction of sp³-hybridized carbons (Fsp3) is 0.417. The molecular formula is C24H25F5O. The second-order valence-corrected chi connectivity index (χ2v) is 7.69. The first kappa shape index (κ1) is 22.3. The molecule has 2 aromatic carbocycles. The van der Waals surface area contributed by atoms with E-state index in [1.165, 1.54) is 43.4 Å². The molecule has 30 heavy (non-hydrogen) atoms. The van der Waals surface area contributed by atoms with Crippen LogP contribution in [0.15, 0.2) is 35.9 Å². The van der Waals surface area contributed by atoms with E-state index in [1.54, 1.807) is 6.07 Å². The zero-order chi connectivity index (χ0) is 21.7. The second kappa shape index (κ2) is 9.63. The maximum atomic E-state index is 14.7. The molecule has 0 aromatic heterocycles. The topological polar surface area (TPSA) is 9.23 Å². The molecule has 162 valence electrons. The zero-order valence-electron chi connectivity index (χ0n) is 16.9. The van der Waals surface area contributed by atoms with Crippen molar-refractivity contribution >= 4 is 6.08 Å². The Hall–Kier alpha value is -2.37. The van der Waals surface area contributed by atoms with Crippen molar-refractivity contribution in [2.24, 2.45) is 0 Å². The average molecular weight is 424 g/mol. The fourth-order valence-corrected chi connectivity index (χ4v) is 3.82. The molecule has 0 saturated carbocycles. The van der Waals surface area contributed by atoms with E-state index < -0.39 is 23.7 Å². The first-order valence-corrected chi connectivity index (χ1v) is 10.3. The number of benzene rings is 2. The quantitative estimate of drug-likeness (QED) is 0.306. The summed E-state index contributed by atoms with van der Waals surface area (Å²) in [6.07, 6.45) is 5.75. The molecule has 0 fully saturated rings. The lowest BCUT2D eigenvalue weighted by molar-refractivity contribution is -0.275. The predicted octanol–water partition coefficient (Wildman–Crippen LogP) is 8.22. The summed E-state index contributed by atoms with van der Waals surface area (Å²) in [4.78, 5) is 0. The SMILES string of the molecule is CCCCCCCC1=Cc2cc(F)c(-c3ccc(OC(F)(F)F)c(F)c3)cc2CC1. The summed E-state index contributed by atoms with van der Waals surface area (Å²) in [7, 11) is 0. The third kappa shape index (κ3) is 5.83. The monoisotopic (exact) mass is 424 g/mol. The number of ether oxygens (including phenoxy) is 1. The molecule has 0 spiro atoms. The first-order chi connectivity index (χ1) is 14.3. The maximum Gasteiger partial charge on any atom is 0.573 e. The van der Waals surface area contributed by atoms with Crippen LogP contribution in [0.4, 0.5) is 22.0 Å². The molecule has 0 bridgehead atoms. The molecule has 0 unspecified atom stereocenters. The van der Waals surface area contributed by atoms with Gasteiger partial charge in [-0.05, 0) is 66.6 Å². The second-order valence-electron chi connectivity index (χ2n) is 7.69. The van der Waals surface area contributed by atoms with Gasteiger partial charge in [0, 0.05) is 5.56 Å². The highest BCUT2D eigenvalue weighted by Crippen LogP contribution is 2.35. The molecular weight excluding hydrogens is 399 g/mol. The molecule has 0 radical (unpaired) electrons. The van der Waals surface area contributed by atoms with Gasteiger partial charge in [0.1, 0.15) is 5.82 Å². The number of hydrogen-bond donors (Lipinski definition) is 0. The molecule has 0 amide bonds. The van der Waals surface area contributed by atoms with Gasteiger partial charge in [-0.1, -0.05) is 50.3 Å². The van der Waals surface area contributed by atoms with Crippen molar-refractivity contribution < 1.29 is 26.7 Å². The van der Waals surface area contributed by atoms with E-state index in [4.69, 9.17) is 0 Å². The summed E-state index contributed by atoms with van der Waals surface area (Å²) in [6.45, 7) is 2.18. The van der Waals surface area contributed by atoms with Crippen molar-refractivity contribution in [1.82, 2.24) is 0 Å². The largest absolute Gasteiger partial charge is 0.573 e. The molecule has 1 aliphatic rings. The van der Waals surface area contributed by atoms with E-state index in [0.29, 0.717) is 0 Å². The Morgan fingerprint density at radius 3 is 2.37 bits per heavy atom. The van der Waals surface area contributed by atoms with Gasteiger partial charge < -0.3 is 4.74 Å². The molecule has 6 heteroatoms. The van der Waals surface area contributed by atoms with Crippen LogP contribution in [0.1, 0.15) is 63.0 Å². The molecule has 0 aliphatic heterocycles. The van der Waals surface area contributed by atoms with E-state index in [1.807, 2.05) is 6.08 Å². The van der Waals surface area contributed by atoms with Crippen molar-refractivity contribution in [3.63, 3.8) is 0 Å². The molecule has 3 rings (SSSR count). The van der Waals surface area contributed by atoms with E-state index in [-0.39, 0.29) is 11.1 Å². The van der Waals surface area contributed by atoms with Crippen molar-refractivity contribution in [1.29, 1.82) is 0 Å². The number of hydrogen-bond acceptors (Lipinski definition) is 1. The lowest BCUT2D eigenvalue weighted by Gasteiger charge is -2.19. The Bertz CT molecular complexity index is 915. The Labute approximate surface area is 173 Å². The van der Waals surface area contributed by atoms with Crippen LogP contribution in [0, 0.1) is 11.6 Å². The number of fused-ring (bicyclic) bond motifs is 1. The van der Waals surface area contributed by atoms with Crippen molar-refractivity contribution in [3.8, 4) is 16.9 Å². The van der Waals surface area contributed by atoms with Gasteiger partial charge in [0.25, 0.3) is 0 Å². The first-order valence-electron chi connectivity index (χ1n) is 10.3. The lowest BCUT2D eigenvalue weighted by Crippen LogP contribution is -2.17. The van der Waals surface area contributed by atoms with Gasteiger partial charge in [0.05, 0.1) is 0 Å². The molecule has 2 aromatic rings. The number of rotatable bonds is 8. The minimum absolute atomic E-state index is 0.169. The standard InChI is InChI=1S/C24H25F5O/c1-2-3-4-5-6-7-16-8-9-17-13-20(21(25)15-19(17)12-16)18-10-11-23(22(26)14-18)30-24(27,28)29/h10-15H,2-9H2,1H3. The van der Waals surface area contributed by atoms with Crippen LogP contribution in [0.25, 0.3) is 17.2 Å². The summed E-state index contributed by atoms with van der Waals surface area (Å²) < 4.78 is 69.3. The van der Waals surface area contributed by atoms with Gasteiger partial charge in [0.2, 0.25) is 0 Å². The van der Waals surface area contributed by atoms with Crippen LogP contribution in [-0.4, -0.2) is 6.36 Å². The van der Waals surface area contributed by atoms with Gasteiger partial charge in [-0.15, -0.1) is 13.2 Å². The number of alkyl halides is 3.